The van der Waals surface area contributed by atoms with Gasteiger partial charge in [0, 0.05) is 18.9 Å². The van der Waals surface area contributed by atoms with Crippen LogP contribution in [0.25, 0.3) is 0 Å². The minimum atomic E-state index is 0.0882. The first-order valence-electron chi connectivity index (χ1n) is 5.14. The van der Waals surface area contributed by atoms with Crippen LogP contribution >= 0.6 is 0 Å². The van der Waals surface area contributed by atoms with Crippen molar-refractivity contribution in [2.45, 2.75) is 45.4 Å². The van der Waals surface area contributed by atoms with Gasteiger partial charge in [0.15, 0.2) is 5.78 Å². The molecule has 0 amide bonds. The second-order valence-electron chi connectivity index (χ2n) is 3.87. The summed E-state index contributed by atoms with van der Waals surface area (Å²) in [5.41, 5.74) is 0. The lowest BCUT2D eigenvalue weighted by atomic mass is 9.88. The van der Waals surface area contributed by atoms with E-state index in [1.165, 1.54) is 25.3 Å². The number of ketones is 1. The third kappa shape index (κ3) is 3.62. The van der Waals surface area contributed by atoms with E-state index in [0.29, 0.717) is 18.8 Å². The quantitative estimate of drug-likeness (QED) is 0.678. The largest absolute Gasteiger partial charge is 0.512 e. The Morgan fingerprint density at radius 3 is 2.85 bits per heavy atom. The van der Waals surface area contributed by atoms with Crippen molar-refractivity contribution in [2.75, 3.05) is 0 Å². The molecule has 13 heavy (non-hydrogen) atoms. The molecule has 0 aromatic heterocycles. The highest BCUT2D eigenvalue weighted by Crippen LogP contribution is 2.25. The van der Waals surface area contributed by atoms with Crippen LogP contribution in [0.2, 0.25) is 0 Å². The number of carbonyl (C=O) groups is 1. The van der Waals surface area contributed by atoms with Crippen molar-refractivity contribution >= 4 is 5.78 Å². The topological polar surface area (TPSA) is 37.3 Å². The molecule has 0 aromatic carbocycles. The van der Waals surface area contributed by atoms with Gasteiger partial charge >= 0.3 is 0 Å². The van der Waals surface area contributed by atoms with E-state index in [2.05, 4.69) is 6.92 Å². The molecule has 0 aromatic rings. The van der Waals surface area contributed by atoms with E-state index < -0.39 is 0 Å². The Bertz CT molecular complexity index is 206. The number of hydrogen-bond donors (Lipinski definition) is 1. The predicted molar refractivity (Wildman–Crippen MR) is 52.6 cm³/mol. The van der Waals surface area contributed by atoms with Crippen LogP contribution in [-0.4, -0.2) is 10.9 Å². The van der Waals surface area contributed by atoms with E-state index in [9.17, 15) is 9.90 Å². The van der Waals surface area contributed by atoms with E-state index in [-0.39, 0.29) is 11.5 Å². The van der Waals surface area contributed by atoms with Gasteiger partial charge in [0.2, 0.25) is 0 Å². The third-order valence-electron chi connectivity index (χ3n) is 2.53. The summed E-state index contributed by atoms with van der Waals surface area (Å²) in [6.45, 7) is 2.17. The van der Waals surface area contributed by atoms with Crippen molar-refractivity contribution in [1.29, 1.82) is 0 Å². The van der Waals surface area contributed by atoms with Gasteiger partial charge in [-0.25, -0.2) is 0 Å². The SMILES string of the molecule is CCCCC[C@@H]1CC(=O)C=C(O)C1. The summed E-state index contributed by atoms with van der Waals surface area (Å²) in [6.07, 6.45) is 7.41. The summed E-state index contributed by atoms with van der Waals surface area (Å²) in [7, 11) is 0. The second kappa shape index (κ2) is 5.05. The van der Waals surface area contributed by atoms with Crippen LogP contribution in [0.5, 0.6) is 0 Å². The monoisotopic (exact) mass is 182 g/mol. The zero-order valence-corrected chi connectivity index (χ0v) is 8.25. The second-order valence-corrected chi connectivity index (χ2v) is 3.87. The number of rotatable bonds is 4. The highest BCUT2D eigenvalue weighted by atomic mass is 16.3. The Hall–Kier alpha value is -0.790. The van der Waals surface area contributed by atoms with Crippen molar-refractivity contribution in [3.05, 3.63) is 11.8 Å². The maximum Gasteiger partial charge on any atom is 0.159 e. The van der Waals surface area contributed by atoms with E-state index in [1.54, 1.807) is 0 Å². The van der Waals surface area contributed by atoms with Gasteiger partial charge in [-0.15, -0.1) is 0 Å². The van der Waals surface area contributed by atoms with Crippen molar-refractivity contribution in [3.8, 4) is 0 Å². The van der Waals surface area contributed by atoms with Gasteiger partial charge in [0.25, 0.3) is 0 Å². The fourth-order valence-electron chi connectivity index (χ4n) is 1.84. The maximum absolute atomic E-state index is 11.1. The first-order chi connectivity index (χ1) is 6.22. The summed E-state index contributed by atoms with van der Waals surface area (Å²) in [4.78, 5) is 11.1. The molecule has 1 rings (SSSR count). The first-order valence-corrected chi connectivity index (χ1v) is 5.14. The third-order valence-corrected chi connectivity index (χ3v) is 2.53. The zero-order valence-electron chi connectivity index (χ0n) is 8.25. The molecule has 0 bridgehead atoms. The number of aliphatic hydroxyl groups excluding tert-OH is 1. The fourth-order valence-corrected chi connectivity index (χ4v) is 1.84. The molecule has 1 aliphatic rings. The molecule has 74 valence electrons. The molecule has 1 aliphatic carbocycles. The van der Waals surface area contributed by atoms with Crippen LogP contribution in [-0.2, 0) is 4.79 Å². The van der Waals surface area contributed by atoms with Gasteiger partial charge in [0.05, 0.1) is 5.76 Å². The molecular formula is C11H18O2. The van der Waals surface area contributed by atoms with Crippen LogP contribution in [0.4, 0.5) is 0 Å². The standard InChI is InChI=1S/C11H18O2/c1-2-3-4-5-9-6-10(12)8-11(13)7-9/h8-9,12H,2-7H2,1H3/t9-/m0/s1. The van der Waals surface area contributed by atoms with Crippen molar-refractivity contribution in [1.82, 2.24) is 0 Å². The molecule has 0 radical (unpaired) electrons. The van der Waals surface area contributed by atoms with E-state index in [1.807, 2.05) is 0 Å². The lowest BCUT2D eigenvalue weighted by molar-refractivity contribution is -0.116. The molecule has 0 unspecified atom stereocenters. The van der Waals surface area contributed by atoms with Gasteiger partial charge in [-0.05, 0) is 12.3 Å². The van der Waals surface area contributed by atoms with Gasteiger partial charge < -0.3 is 5.11 Å². The van der Waals surface area contributed by atoms with Crippen LogP contribution < -0.4 is 0 Å². The lowest BCUT2D eigenvalue weighted by Crippen LogP contribution is -2.13. The van der Waals surface area contributed by atoms with Crippen molar-refractivity contribution in [3.63, 3.8) is 0 Å². The van der Waals surface area contributed by atoms with Crippen LogP contribution in [0.1, 0.15) is 45.4 Å². The van der Waals surface area contributed by atoms with E-state index in [4.69, 9.17) is 0 Å². The Morgan fingerprint density at radius 1 is 1.46 bits per heavy atom. The zero-order chi connectivity index (χ0) is 9.68. The molecule has 0 spiro atoms. The summed E-state index contributed by atoms with van der Waals surface area (Å²) in [6, 6.07) is 0. The van der Waals surface area contributed by atoms with Crippen LogP contribution in [0.15, 0.2) is 11.8 Å². The van der Waals surface area contributed by atoms with Gasteiger partial charge in [-0.3, -0.25) is 4.79 Å². The highest BCUT2D eigenvalue weighted by molar-refractivity contribution is 5.91. The van der Waals surface area contributed by atoms with Gasteiger partial charge in [-0.2, -0.15) is 0 Å². The molecular weight excluding hydrogens is 164 g/mol. The minimum Gasteiger partial charge on any atom is -0.512 e. The molecule has 2 heteroatoms. The highest BCUT2D eigenvalue weighted by Gasteiger charge is 2.19. The number of allylic oxidation sites excluding steroid dienone is 2. The van der Waals surface area contributed by atoms with Crippen LogP contribution in [0.3, 0.4) is 0 Å². The van der Waals surface area contributed by atoms with E-state index >= 15 is 0 Å². The molecule has 0 saturated carbocycles. The molecule has 1 atom stereocenters. The average molecular weight is 182 g/mol. The smallest absolute Gasteiger partial charge is 0.159 e. The minimum absolute atomic E-state index is 0.0882. The molecule has 0 fully saturated rings. The summed E-state index contributed by atoms with van der Waals surface area (Å²) >= 11 is 0. The Morgan fingerprint density at radius 2 is 2.23 bits per heavy atom. The summed E-state index contributed by atoms with van der Waals surface area (Å²) in [5, 5.41) is 9.25. The fraction of sp³-hybridized carbons (Fsp3) is 0.727. The van der Waals surface area contributed by atoms with Crippen molar-refractivity contribution < 1.29 is 9.90 Å². The molecule has 2 nitrogen and oxygen atoms in total. The molecule has 0 heterocycles. The average Bonchev–Trinajstić information content (AvgIpc) is 2.03. The van der Waals surface area contributed by atoms with E-state index in [0.717, 1.165) is 6.42 Å². The number of carbonyl (C=O) groups excluding carboxylic acids is 1. The molecule has 0 saturated heterocycles. The summed E-state index contributed by atoms with van der Waals surface area (Å²) < 4.78 is 0. The first kappa shape index (κ1) is 10.3. The Kier molecular flexibility index (Phi) is 4.00. The normalized spacial score (nSPS) is 23.0. The van der Waals surface area contributed by atoms with Gasteiger partial charge in [0.1, 0.15) is 0 Å². The Balaban J connectivity index is 2.29. The number of aliphatic hydroxyl groups is 1. The lowest BCUT2D eigenvalue weighted by Gasteiger charge is -2.18. The van der Waals surface area contributed by atoms with Gasteiger partial charge in [-0.1, -0.05) is 26.2 Å². The Labute approximate surface area is 79.6 Å². The number of hydrogen-bond acceptors (Lipinski definition) is 2. The number of unbranched alkanes of at least 4 members (excludes halogenated alkanes) is 2. The summed E-state index contributed by atoms with van der Waals surface area (Å²) in [5.74, 6) is 0.757. The molecule has 1 N–H and O–H groups in total. The predicted octanol–water partition coefficient (Wildman–Crippen LogP) is 2.99. The van der Waals surface area contributed by atoms with Crippen LogP contribution in [0, 0.1) is 5.92 Å². The van der Waals surface area contributed by atoms with Crippen molar-refractivity contribution in [2.24, 2.45) is 5.92 Å². The molecule has 0 aliphatic heterocycles. The maximum atomic E-state index is 11.1.